The Bertz CT molecular complexity index is 2500. The number of amides is 1. The van der Waals surface area contributed by atoms with Gasteiger partial charge in [0.05, 0.1) is 18.2 Å². The molecule has 1 fully saturated rings. The standard InChI is InChI=1S/C55H60N2O8/c1-3-27-57(54(61)43-24-23-40-18-8-9-19-41(40)32-43)51-35-49(56-63-37-38-15-6-5-7-16-38)47-33-42(20-10-12-28-58)46(22-11-13-29-59)52-48-34-45(64-44-21-14-17-39(31-44)36-60)25-26-50(48)65-55(51,53(47)52)62-30-4-2/h4-9,14-19,21,23-26,31-34,36,42,46,51-53,58-59H,2-3,10-13,20,22,27-30,35,37H2,1H3. The van der Waals surface area contributed by atoms with Crippen molar-refractivity contribution < 1.29 is 38.9 Å². The number of allylic oxidation sites excluding steroid dienone is 1. The number of aliphatic hydroxyl groups excluding tert-OH is 2. The molecule has 0 aromatic heterocycles. The average Bonchev–Trinajstić information content (AvgIpc) is 3.34. The molecule has 0 saturated heterocycles. The number of carbonyl (C=O) groups excluding carboxylic acids is 2. The summed E-state index contributed by atoms with van der Waals surface area (Å²) in [6.07, 6.45) is 10.4. The monoisotopic (exact) mass is 876 g/mol. The van der Waals surface area contributed by atoms with E-state index in [1.165, 1.54) is 0 Å². The topological polar surface area (TPSA) is 127 Å². The Morgan fingerprint density at radius 1 is 0.877 bits per heavy atom. The zero-order chi connectivity index (χ0) is 45.2. The molecule has 338 valence electrons. The van der Waals surface area contributed by atoms with E-state index in [1.807, 2.05) is 102 Å². The summed E-state index contributed by atoms with van der Waals surface area (Å²) in [5, 5.41) is 27.0. The van der Waals surface area contributed by atoms with Crippen molar-refractivity contribution in [2.24, 2.45) is 22.9 Å². The smallest absolute Gasteiger partial charge is 0.254 e. The van der Waals surface area contributed by atoms with Crippen LogP contribution in [0.1, 0.15) is 96.1 Å². The Kier molecular flexibility index (Phi) is 14.9. The molecular formula is C55H60N2O8. The minimum absolute atomic E-state index is 0.0399. The van der Waals surface area contributed by atoms with Crippen LogP contribution >= 0.6 is 0 Å². The van der Waals surface area contributed by atoms with Crippen LogP contribution < -0.4 is 9.47 Å². The van der Waals surface area contributed by atoms with Gasteiger partial charge in [-0.3, -0.25) is 9.59 Å². The second kappa shape index (κ2) is 21.3. The lowest BCUT2D eigenvalue weighted by Gasteiger charge is -2.60. The van der Waals surface area contributed by atoms with Gasteiger partial charge in [-0.25, -0.2) is 0 Å². The highest BCUT2D eigenvalue weighted by Gasteiger charge is 2.65. The molecule has 3 aliphatic rings. The van der Waals surface area contributed by atoms with Crippen LogP contribution in [0.15, 0.2) is 145 Å². The Morgan fingerprint density at radius 3 is 2.42 bits per heavy atom. The summed E-state index contributed by atoms with van der Waals surface area (Å²) in [5.74, 6) is -0.379. The number of hydrogen-bond donors (Lipinski definition) is 2. The van der Waals surface area contributed by atoms with Crippen molar-refractivity contribution in [1.82, 2.24) is 4.90 Å². The third-order valence-corrected chi connectivity index (χ3v) is 13.2. The van der Waals surface area contributed by atoms with E-state index in [2.05, 4.69) is 19.6 Å². The molecule has 8 rings (SSSR count). The number of carbonyl (C=O) groups is 2. The summed E-state index contributed by atoms with van der Waals surface area (Å²) < 4.78 is 21.1. The van der Waals surface area contributed by atoms with E-state index in [0.29, 0.717) is 60.6 Å². The molecule has 10 heteroatoms. The Balaban J connectivity index is 1.33. The molecule has 65 heavy (non-hydrogen) atoms. The highest BCUT2D eigenvalue weighted by Crippen LogP contribution is 2.62. The van der Waals surface area contributed by atoms with Crippen molar-refractivity contribution in [3.8, 4) is 17.2 Å². The number of aliphatic hydroxyl groups is 2. The van der Waals surface area contributed by atoms with Crippen molar-refractivity contribution in [1.29, 1.82) is 0 Å². The lowest BCUT2D eigenvalue weighted by atomic mass is 9.55. The summed E-state index contributed by atoms with van der Waals surface area (Å²) in [6.45, 7) is 7.19. The van der Waals surface area contributed by atoms with Gasteiger partial charge in [-0.15, -0.1) is 6.58 Å². The molecule has 1 aliphatic heterocycles. The molecule has 1 amide bonds. The molecule has 1 heterocycles. The summed E-state index contributed by atoms with van der Waals surface area (Å²) in [7, 11) is 0. The second-order valence-electron chi connectivity index (χ2n) is 17.4. The number of unbranched alkanes of at least 4 members (excludes halogenated alkanes) is 2. The number of benzene rings is 5. The van der Waals surface area contributed by atoms with Gasteiger partial charge < -0.3 is 34.2 Å². The Labute approximate surface area is 382 Å². The molecule has 0 bridgehead atoms. The highest BCUT2D eigenvalue weighted by molar-refractivity contribution is 6.04. The second-order valence-corrected chi connectivity index (χ2v) is 17.4. The molecule has 6 unspecified atom stereocenters. The highest BCUT2D eigenvalue weighted by atomic mass is 16.7. The van der Waals surface area contributed by atoms with Gasteiger partial charge in [0.15, 0.2) is 0 Å². The predicted octanol–water partition coefficient (Wildman–Crippen LogP) is 10.8. The summed E-state index contributed by atoms with van der Waals surface area (Å²) in [5.41, 5.74) is 4.69. The van der Waals surface area contributed by atoms with Gasteiger partial charge >= 0.3 is 0 Å². The van der Waals surface area contributed by atoms with Crippen LogP contribution in [0, 0.1) is 17.8 Å². The number of hydrogen-bond acceptors (Lipinski definition) is 9. The maximum Gasteiger partial charge on any atom is 0.254 e. The summed E-state index contributed by atoms with van der Waals surface area (Å²) in [6, 6.07) is 36.1. The van der Waals surface area contributed by atoms with Crippen molar-refractivity contribution >= 4 is 28.7 Å². The number of aldehydes is 1. The molecular weight excluding hydrogens is 817 g/mol. The minimum atomic E-state index is -1.40. The summed E-state index contributed by atoms with van der Waals surface area (Å²) in [4.78, 5) is 35.2. The number of ether oxygens (including phenoxy) is 3. The minimum Gasteiger partial charge on any atom is -0.459 e. The fraction of sp³-hybridized carbons (Fsp3) is 0.364. The molecule has 5 aromatic carbocycles. The number of nitrogens with zero attached hydrogens (tertiary/aromatic N) is 2. The lowest BCUT2D eigenvalue weighted by molar-refractivity contribution is -0.254. The zero-order valence-corrected chi connectivity index (χ0v) is 37.2. The van der Waals surface area contributed by atoms with E-state index in [-0.39, 0.29) is 50.1 Å². The first-order valence-electron chi connectivity index (χ1n) is 23.2. The zero-order valence-electron chi connectivity index (χ0n) is 37.2. The first-order chi connectivity index (χ1) is 31.9. The van der Waals surface area contributed by atoms with Crippen molar-refractivity contribution in [2.75, 3.05) is 26.4 Å². The largest absolute Gasteiger partial charge is 0.459 e. The van der Waals surface area contributed by atoms with Gasteiger partial charge in [0, 0.05) is 48.8 Å². The fourth-order valence-corrected chi connectivity index (χ4v) is 10.4. The van der Waals surface area contributed by atoms with Gasteiger partial charge in [0.25, 0.3) is 5.91 Å². The van der Waals surface area contributed by atoms with Gasteiger partial charge in [-0.1, -0.05) is 110 Å². The van der Waals surface area contributed by atoms with E-state index in [9.17, 15) is 15.0 Å². The van der Waals surface area contributed by atoms with Crippen LogP contribution in [0.3, 0.4) is 0 Å². The van der Waals surface area contributed by atoms with E-state index in [4.69, 9.17) is 24.2 Å². The quantitative estimate of drug-likeness (QED) is 0.0323. The number of rotatable bonds is 21. The maximum atomic E-state index is 15.3. The van der Waals surface area contributed by atoms with Crippen LogP contribution in [0.2, 0.25) is 0 Å². The number of oxime groups is 1. The normalized spacial score (nSPS) is 22.5. The van der Waals surface area contributed by atoms with Crippen LogP contribution in [-0.2, 0) is 16.2 Å². The average molecular weight is 877 g/mol. The van der Waals surface area contributed by atoms with Crippen molar-refractivity contribution in [3.63, 3.8) is 0 Å². The molecule has 0 spiro atoms. The molecule has 5 aromatic rings. The van der Waals surface area contributed by atoms with Gasteiger partial charge in [0.1, 0.15) is 36.2 Å². The van der Waals surface area contributed by atoms with Crippen LogP contribution in [-0.4, -0.2) is 71.2 Å². The van der Waals surface area contributed by atoms with Crippen molar-refractivity contribution in [2.45, 2.75) is 82.6 Å². The molecule has 6 atom stereocenters. The molecule has 10 nitrogen and oxygen atoms in total. The van der Waals surface area contributed by atoms with E-state index >= 15 is 4.79 Å². The first-order valence-corrected chi connectivity index (χ1v) is 23.2. The SMILES string of the molecule is C=CCOC12Oc3ccc(Oc4cccc(C=O)c4)cc3C3C(CCCCO)C(CCCCO)C=C(C(=NOCc4ccccc4)CC1N(CCC)C(=O)c1ccc4ccccc4c1)C32. The predicted molar refractivity (Wildman–Crippen MR) is 253 cm³/mol. The van der Waals surface area contributed by atoms with E-state index < -0.39 is 17.7 Å². The van der Waals surface area contributed by atoms with Crippen LogP contribution in [0.5, 0.6) is 17.2 Å². The maximum absolute atomic E-state index is 15.3. The molecule has 0 radical (unpaired) electrons. The third-order valence-electron chi connectivity index (χ3n) is 13.2. The Hall–Kier alpha value is -6.07. The van der Waals surface area contributed by atoms with E-state index in [0.717, 1.165) is 65.2 Å². The summed E-state index contributed by atoms with van der Waals surface area (Å²) >= 11 is 0. The molecule has 1 saturated carbocycles. The molecule has 2 aliphatic carbocycles. The lowest BCUT2D eigenvalue weighted by Crippen LogP contribution is -2.70. The Morgan fingerprint density at radius 2 is 1.65 bits per heavy atom. The fourth-order valence-electron chi connectivity index (χ4n) is 10.4. The van der Waals surface area contributed by atoms with Crippen molar-refractivity contribution in [3.05, 3.63) is 162 Å². The van der Waals surface area contributed by atoms with Gasteiger partial charge in [0.2, 0.25) is 5.79 Å². The molecule has 2 N–H and O–H groups in total. The number of fused-ring (bicyclic) bond motifs is 3. The van der Waals surface area contributed by atoms with Gasteiger partial charge in [-0.2, -0.15) is 0 Å². The van der Waals surface area contributed by atoms with Gasteiger partial charge in [-0.05, 0) is 108 Å². The van der Waals surface area contributed by atoms with E-state index in [1.54, 1.807) is 24.3 Å². The van der Waals surface area contributed by atoms with Crippen LogP contribution in [0.25, 0.3) is 10.8 Å². The third kappa shape index (κ3) is 9.81. The van der Waals surface area contributed by atoms with Crippen LogP contribution in [0.4, 0.5) is 0 Å². The first kappa shape index (κ1) is 45.5.